The van der Waals surface area contributed by atoms with Gasteiger partial charge in [-0.2, -0.15) is 0 Å². The number of carbonyl (C=O) groups is 1. The minimum absolute atomic E-state index is 0.0506. The number of aryl methyl sites for hydroxylation is 1. The van der Waals surface area contributed by atoms with Gasteiger partial charge in [0.1, 0.15) is 6.61 Å². The molecule has 0 unspecified atom stereocenters. The van der Waals surface area contributed by atoms with Gasteiger partial charge in [0.25, 0.3) is 5.91 Å². The number of thiazole rings is 1. The van der Waals surface area contributed by atoms with E-state index in [1.807, 2.05) is 38.1 Å². The van der Waals surface area contributed by atoms with Crippen molar-refractivity contribution in [1.82, 2.24) is 4.98 Å². The van der Waals surface area contributed by atoms with Crippen molar-refractivity contribution in [3.05, 3.63) is 45.4 Å². The second kappa shape index (κ2) is 7.54. The van der Waals surface area contributed by atoms with Crippen molar-refractivity contribution in [2.75, 3.05) is 18.5 Å². The molecule has 0 saturated carbocycles. The van der Waals surface area contributed by atoms with Gasteiger partial charge in [-0.15, -0.1) is 11.3 Å². The molecule has 1 heterocycles. The quantitative estimate of drug-likeness (QED) is 0.882. The van der Waals surface area contributed by atoms with Gasteiger partial charge in [-0.05, 0) is 25.5 Å². The third kappa shape index (κ3) is 4.52. The van der Waals surface area contributed by atoms with Crippen LogP contribution >= 0.6 is 22.9 Å². The number of amides is 1. The van der Waals surface area contributed by atoms with E-state index in [0.29, 0.717) is 18.2 Å². The zero-order chi connectivity index (χ0) is 15.2. The molecule has 0 atom stereocenters. The molecule has 0 aliphatic heterocycles. The van der Waals surface area contributed by atoms with Crippen LogP contribution in [0.1, 0.15) is 23.1 Å². The number of ether oxygens (including phenoxy) is 1. The van der Waals surface area contributed by atoms with Crippen molar-refractivity contribution in [3.8, 4) is 0 Å². The molecule has 1 aromatic heterocycles. The number of nitrogens with one attached hydrogen (secondary N) is 1. The number of hydrogen-bond acceptors (Lipinski definition) is 4. The van der Waals surface area contributed by atoms with Gasteiger partial charge in [0, 0.05) is 22.9 Å². The van der Waals surface area contributed by atoms with Gasteiger partial charge in [0.2, 0.25) is 0 Å². The second-order valence-corrected chi connectivity index (χ2v) is 5.97. The molecule has 1 aromatic carbocycles. The fourth-order valence-electron chi connectivity index (χ4n) is 1.81. The molecule has 2 rings (SSSR count). The molecule has 6 heteroatoms. The molecule has 0 aliphatic rings. The minimum Gasteiger partial charge on any atom is -0.372 e. The minimum atomic E-state index is -0.185. The monoisotopic (exact) mass is 324 g/mol. The molecule has 4 nitrogen and oxygen atoms in total. The second-order valence-electron chi connectivity index (χ2n) is 4.48. The van der Waals surface area contributed by atoms with Crippen molar-refractivity contribution < 1.29 is 9.53 Å². The molecule has 0 saturated heterocycles. The summed E-state index contributed by atoms with van der Waals surface area (Å²) in [5, 5.41) is 4.09. The lowest BCUT2D eigenvalue weighted by atomic mass is 10.1. The summed E-state index contributed by atoms with van der Waals surface area (Å²) < 4.78 is 5.06. The Morgan fingerprint density at radius 2 is 2.19 bits per heavy atom. The normalized spacial score (nSPS) is 10.6. The van der Waals surface area contributed by atoms with Crippen LogP contribution < -0.4 is 5.32 Å². The van der Waals surface area contributed by atoms with Crippen molar-refractivity contribution >= 4 is 34.0 Å². The van der Waals surface area contributed by atoms with Crippen LogP contribution in [0, 0.1) is 6.92 Å². The van der Waals surface area contributed by atoms with E-state index in [4.69, 9.17) is 16.3 Å². The molecule has 21 heavy (non-hydrogen) atoms. The summed E-state index contributed by atoms with van der Waals surface area (Å²) >= 11 is 7.64. The lowest BCUT2D eigenvalue weighted by Crippen LogP contribution is -2.17. The van der Waals surface area contributed by atoms with Crippen LogP contribution in [0.25, 0.3) is 0 Å². The van der Waals surface area contributed by atoms with Gasteiger partial charge in [-0.1, -0.05) is 29.8 Å². The maximum atomic E-state index is 11.6. The molecule has 0 bridgehead atoms. The van der Waals surface area contributed by atoms with E-state index in [1.165, 1.54) is 11.3 Å². The molecule has 1 amide bonds. The van der Waals surface area contributed by atoms with Crippen LogP contribution in [-0.4, -0.2) is 24.1 Å². The molecule has 1 N–H and O–H groups in total. The fraction of sp³-hybridized carbons (Fsp3) is 0.333. The first-order valence-electron chi connectivity index (χ1n) is 6.67. The Kier molecular flexibility index (Phi) is 5.73. The maximum absolute atomic E-state index is 11.6. The highest BCUT2D eigenvalue weighted by Crippen LogP contribution is 2.27. The van der Waals surface area contributed by atoms with Crippen LogP contribution in [0.15, 0.2) is 24.3 Å². The van der Waals surface area contributed by atoms with Crippen LogP contribution in [0.3, 0.4) is 0 Å². The van der Waals surface area contributed by atoms with Crippen molar-refractivity contribution in [2.24, 2.45) is 0 Å². The van der Waals surface area contributed by atoms with Gasteiger partial charge in [0.15, 0.2) is 5.13 Å². The number of benzene rings is 1. The van der Waals surface area contributed by atoms with Gasteiger partial charge < -0.3 is 4.74 Å². The molecule has 0 aliphatic carbocycles. The highest BCUT2D eigenvalue weighted by Gasteiger charge is 2.12. The summed E-state index contributed by atoms with van der Waals surface area (Å²) in [6, 6.07) is 7.74. The van der Waals surface area contributed by atoms with Gasteiger partial charge in [0.05, 0.1) is 5.69 Å². The summed E-state index contributed by atoms with van der Waals surface area (Å²) in [6.45, 7) is 4.35. The van der Waals surface area contributed by atoms with Crippen LogP contribution in [-0.2, 0) is 16.0 Å². The van der Waals surface area contributed by atoms with E-state index in [2.05, 4.69) is 10.3 Å². The Hall–Kier alpha value is -1.43. The molecule has 2 aromatic rings. The Bertz CT molecular complexity index is 628. The van der Waals surface area contributed by atoms with Crippen LogP contribution in [0.5, 0.6) is 0 Å². The SMILES string of the molecule is CCOCC(=O)Nc1nc(C)c(Cc2ccccc2Cl)s1. The number of carbonyl (C=O) groups excluding carboxylic acids is 1. The third-order valence-electron chi connectivity index (χ3n) is 2.89. The Balaban J connectivity index is 2.06. The Labute approximate surface area is 133 Å². The predicted octanol–water partition coefficient (Wildman–Crippen LogP) is 3.67. The lowest BCUT2D eigenvalue weighted by Gasteiger charge is -2.02. The largest absolute Gasteiger partial charge is 0.372 e. The van der Waals surface area contributed by atoms with Crippen molar-refractivity contribution in [1.29, 1.82) is 0 Å². The molecule has 0 spiro atoms. The topological polar surface area (TPSA) is 51.2 Å². The smallest absolute Gasteiger partial charge is 0.252 e. The summed E-state index contributed by atoms with van der Waals surface area (Å²) in [7, 11) is 0. The van der Waals surface area contributed by atoms with Gasteiger partial charge >= 0.3 is 0 Å². The highest BCUT2D eigenvalue weighted by molar-refractivity contribution is 7.15. The number of halogens is 1. The molecule has 0 fully saturated rings. The number of anilines is 1. The van der Waals surface area contributed by atoms with Crippen LogP contribution in [0.4, 0.5) is 5.13 Å². The molecular weight excluding hydrogens is 308 g/mol. The maximum Gasteiger partial charge on any atom is 0.252 e. The zero-order valence-electron chi connectivity index (χ0n) is 12.0. The average Bonchev–Trinajstić information content (AvgIpc) is 2.79. The summed E-state index contributed by atoms with van der Waals surface area (Å²) in [5.74, 6) is -0.185. The lowest BCUT2D eigenvalue weighted by molar-refractivity contribution is -0.120. The third-order valence-corrected chi connectivity index (χ3v) is 4.33. The Morgan fingerprint density at radius 3 is 2.90 bits per heavy atom. The predicted molar refractivity (Wildman–Crippen MR) is 86.2 cm³/mol. The van der Waals surface area contributed by atoms with Crippen LogP contribution in [0.2, 0.25) is 5.02 Å². The van der Waals surface area contributed by atoms with E-state index in [-0.39, 0.29) is 12.5 Å². The van der Waals surface area contributed by atoms with Crippen molar-refractivity contribution in [3.63, 3.8) is 0 Å². The van der Waals surface area contributed by atoms with E-state index < -0.39 is 0 Å². The number of nitrogens with zero attached hydrogens (tertiary/aromatic N) is 1. The van der Waals surface area contributed by atoms with Gasteiger partial charge in [-0.3, -0.25) is 10.1 Å². The summed E-state index contributed by atoms with van der Waals surface area (Å²) in [4.78, 5) is 17.1. The summed E-state index contributed by atoms with van der Waals surface area (Å²) in [6.07, 6.45) is 0.713. The molecule has 0 radical (unpaired) electrons. The van der Waals surface area contributed by atoms with E-state index >= 15 is 0 Å². The summed E-state index contributed by atoms with van der Waals surface area (Å²) in [5.41, 5.74) is 1.96. The average molecular weight is 325 g/mol. The first-order chi connectivity index (χ1) is 10.1. The van der Waals surface area contributed by atoms with E-state index in [0.717, 1.165) is 21.2 Å². The first-order valence-corrected chi connectivity index (χ1v) is 7.87. The molecular formula is C15H17ClN2O2S. The number of rotatable bonds is 6. The van der Waals surface area contributed by atoms with E-state index in [9.17, 15) is 4.79 Å². The number of aromatic nitrogens is 1. The molecule has 112 valence electrons. The van der Waals surface area contributed by atoms with Gasteiger partial charge in [-0.25, -0.2) is 4.98 Å². The van der Waals surface area contributed by atoms with Crippen molar-refractivity contribution in [2.45, 2.75) is 20.3 Å². The highest BCUT2D eigenvalue weighted by atomic mass is 35.5. The zero-order valence-corrected chi connectivity index (χ0v) is 13.6. The van der Waals surface area contributed by atoms with E-state index in [1.54, 1.807) is 0 Å². The fourth-order valence-corrected chi connectivity index (χ4v) is 3.01. The number of hydrogen-bond donors (Lipinski definition) is 1. The Morgan fingerprint density at radius 1 is 1.43 bits per heavy atom. The first kappa shape index (κ1) is 15.9. The standard InChI is InChI=1S/C15H17ClN2O2S/c1-3-20-9-14(19)18-15-17-10(2)13(21-15)8-11-6-4-5-7-12(11)16/h4-7H,3,8-9H2,1-2H3,(H,17,18,19).